The summed E-state index contributed by atoms with van der Waals surface area (Å²) < 4.78 is 12.9. The summed E-state index contributed by atoms with van der Waals surface area (Å²) in [7, 11) is 0. The van der Waals surface area contributed by atoms with Gasteiger partial charge in [-0.15, -0.1) is 11.3 Å². The molecule has 2 aromatic rings. The van der Waals surface area contributed by atoms with Gasteiger partial charge in [-0.1, -0.05) is 12.1 Å². The van der Waals surface area contributed by atoms with Gasteiger partial charge >= 0.3 is 0 Å². The van der Waals surface area contributed by atoms with Gasteiger partial charge in [0.1, 0.15) is 5.82 Å². The van der Waals surface area contributed by atoms with Crippen molar-refractivity contribution in [3.63, 3.8) is 0 Å². The van der Waals surface area contributed by atoms with Gasteiger partial charge < -0.3 is 11.1 Å². The number of rotatable bonds is 5. The zero-order valence-electron chi connectivity index (χ0n) is 11.6. The second-order valence-electron chi connectivity index (χ2n) is 5.28. The number of nitrogens with zero attached hydrogens (tertiary/aromatic N) is 1. The van der Waals surface area contributed by atoms with Crippen LogP contribution in [0.2, 0.25) is 0 Å². The molecule has 1 fully saturated rings. The summed E-state index contributed by atoms with van der Waals surface area (Å²) in [6, 6.07) is 6.22. The van der Waals surface area contributed by atoms with E-state index >= 15 is 0 Å². The second kappa shape index (κ2) is 5.84. The third kappa shape index (κ3) is 3.30. The molecule has 0 radical (unpaired) electrons. The molecule has 3 N–H and O–H groups in total. The number of carbonyl (C=O) groups is 2. The van der Waals surface area contributed by atoms with Crippen LogP contribution in [0.15, 0.2) is 29.6 Å². The van der Waals surface area contributed by atoms with Crippen LogP contribution < -0.4 is 11.1 Å². The highest BCUT2D eigenvalue weighted by atomic mass is 32.1. The average molecular weight is 319 g/mol. The summed E-state index contributed by atoms with van der Waals surface area (Å²) in [5.41, 5.74) is 6.62. The first-order valence-corrected chi connectivity index (χ1v) is 7.70. The standard InChI is InChI=1S/C15H14FN3O2S/c16-9-3-1-8(2-4-9)11-6-12(11)14(21)19-15-18-10(7-22-15)5-13(17)20/h1-4,7,11-12H,5-6H2,(H2,17,20)(H,18,19,21)/t11-,12-/m0/s1. The summed E-state index contributed by atoms with van der Waals surface area (Å²) in [6.45, 7) is 0. The third-order valence-corrected chi connectivity index (χ3v) is 4.37. The minimum atomic E-state index is -0.457. The number of hydrogen-bond acceptors (Lipinski definition) is 4. The molecule has 0 unspecified atom stereocenters. The van der Waals surface area contributed by atoms with Crippen LogP contribution in [0.3, 0.4) is 0 Å². The fourth-order valence-electron chi connectivity index (χ4n) is 2.39. The molecule has 3 rings (SSSR count). The van der Waals surface area contributed by atoms with Crippen LogP contribution in [0.1, 0.15) is 23.6 Å². The Kier molecular flexibility index (Phi) is 3.89. The molecule has 0 bridgehead atoms. The Morgan fingerprint density at radius 1 is 1.36 bits per heavy atom. The average Bonchev–Trinajstić information content (AvgIpc) is 3.15. The number of amides is 2. The van der Waals surface area contributed by atoms with E-state index in [1.807, 2.05) is 0 Å². The highest BCUT2D eigenvalue weighted by molar-refractivity contribution is 7.13. The molecule has 1 heterocycles. The maximum absolute atomic E-state index is 12.9. The lowest BCUT2D eigenvalue weighted by Gasteiger charge is -2.01. The van der Waals surface area contributed by atoms with Crippen molar-refractivity contribution < 1.29 is 14.0 Å². The van der Waals surface area contributed by atoms with Gasteiger partial charge in [0.25, 0.3) is 0 Å². The Morgan fingerprint density at radius 3 is 2.77 bits per heavy atom. The van der Waals surface area contributed by atoms with E-state index in [2.05, 4.69) is 10.3 Å². The molecular weight excluding hydrogens is 305 g/mol. The molecule has 2 amide bonds. The van der Waals surface area contributed by atoms with E-state index in [-0.39, 0.29) is 30.0 Å². The number of halogens is 1. The molecule has 0 spiro atoms. The maximum Gasteiger partial charge on any atom is 0.229 e. The van der Waals surface area contributed by atoms with E-state index in [4.69, 9.17) is 5.73 Å². The summed E-state index contributed by atoms with van der Waals surface area (Å²) in [6.07, 6.45) is 0.811. The van der Waals surface area contributed by atoms with Gasteiger partial charge in [-0.25, -0.2) is 9.37 Å². The number of carbonyl (C=O) groups excluding carboxylic acids is 2. The lowest BCUT2D eigenvalue weighted by molar-refractivity contribution is -0.118. The van der Waals surface area contributed by atoms with Gasteiger partial charge in [0.05, 0.1) is 12.1 Å². The molecule has 0 aliphatic heterocycles. The van der Waals surface area contributed by atoms with Crippen molar-refractivity contribution in [1.29, 1.82) is 0 Å². The Hall–Kier alpha value is -2.28. The number of anilines is 1. The van der Waals surface area contributed by atoms with E-state index in [0.29, 0.717) is 10.8 Å². The summed E-state index contributed by atoms with van der Waals surface area (Å²) in [5, 5.41) is 4.91. The van der Waals surface area contributed by atoms with Gasteiger partial charge in [0.15, 0.2) is 5.13 Å². The van der Waals surface area contributed by atoms with E-state index in [0.717, 1.165) is 12.0 Å². The first kappa shape index (κ1) is 14.6. The summed E-state index contributed by atoms with van der Waals surface area (Å²) in [4.78, 5) is 27.1. The fourth-order valence-corrected chi connectivity index (χ4v) is 3.10. The van der Waals surface area contributed by atoms with Crippen molar-refractivity contribution in [2.24, 2.45) is 11.7 Å². The molecule has 1 aliphatic rings. The minimum absolute atomic E-state index is 0.0635. The van der Waals surface area contributed by atoms with Gasteiger partial charge in [-0.3, -0.25) is 9.59 Å². The number of primary amides is 1. The molecule has 5 nitrogen and oxygen atoms in total. The van der Waals surface area contributed by atoms with E-state index in [9.17, 15) is 14.0 Å². The van der Waals surface area contributed by atoms with Crippen molar-refractivity contribution in [3.8, 4) is 0 Å². The van der Waals surface area contributed by atoms with Crippen LogP contribution in [-0.4, -0.2) is 16.8 Å². The predicted octanol–water partition coefficient (Wildman–Crippen LogP) is 2.05. The van der Waals surface area contributed by atoms with Gasteiger partial charge in [0.2, 0.25) is 11.8 Å². The van der Waals surface area contributed by atoms with Crippen molar-refractivity contribution in [3.05, 3.63) is 46.7 Å². The van der Waals surface area contributed by atoms with Crippen LogP contribution in [-0.2, 0) is 16.0 Å². The first-order valence-electron chi connectivity index (χ1n) is 6.82. The second-order valence-corrected chi connectivity index (χ2v) is 6.13. The van der Waals surface area contributed by atoms with Gasteiger partial charge in [0, 0.05) is 11.3 Å². The first-order chi connectivity index (χ1) is 10.5. The molecule has 7 heteroatoms. The van der Waals surface area contributed by atoms with Crippen molar-refractivity contribution in [2.45, 2.75) is 18.8 Å². The molecule has 0 saturated heterocycles. The van der Waals surface area contributed by atoms with Crippen LogP contribution in [0, 0.1) is 11.7 Å². The van der Waals surface area contributed by atoms with Crippen molar-refractivity contribution >= 4 is 28.3 Å². The highest BCUT2D eigenvalue weighted by Gasteiger charge is 2.44. The Balaban J connectivity index is 1.58. The Labute approximate surface area is 130 Å². The Morgan fingerprint density at radius 2 is 2.09 bits per heavy atom. The molecular formula is C15H14FN3O2S. The largest absolute Gasteiger partial charge is 0.369 e. The lowest BCUT2D eigenvalue weighted by Crippen LogP contribution is -2.15. The fraction of sp³-hybridized carbons (Fsp3) is 0.267. The van der Waals surface area contributed by atoms with Crippen LogP contribution in [0.5, 0.6) is 0 Å². The molecule has 1 saturated carbocycles. The number of nitrogens with one attached hydrogen (secondary N) is 1. The zero-order valence-corrected chi connectivity index (χ0v) is 12.4. The number of benzene rings is 1. The van der Waals surface area contributed by atoms with E-state index in [1.165, 1.54) is 23.5 Å². The van der Waals surface area contributed by atoms with E-state index in [1.54, 1.807) is 17.5 Å². The molecule has 1 aromatic carbocycles. The summed E-state index contributed by atoms with van der Waals surface area (Å²) in [5.74, 6) is -0.828. The van der Waals surface area contributed by atoms with Crippen molar-refractivity contribution in [2.75, 3.05) is 5.32 Å². The maximum atomic E-state index is 12.9. The summed E-state index contributed by atoms with van der Waals surface area (Å²) >= 11 is 1.26. The number of thiazole rings is 1. The quantitative estimate of drug-likeness (QED) is 0.884. The highest BCUT2D eigenvalue weighted by Crippen LogP contribution is 2.48. The number of aromatic nitrogens is 1. The van der Waals surface area contributed by atoms with Crippen LogP contribution in [0.25, 0.3) is 0 Å². The van der Waals surface area contributed by atoms with Crippen LogP contribution >= 0.6 is 11.3 Å². The smallest absolute Gasteiger partial charge is 0.229 e. The molecule has 22 heavy (non-hydrogen) atoms. The molecule has 1 aliphatic carbocycles. The normalized spacial score (nSPS) is 19.7. The monoisotopic (exact) mass is 319 g/mol. The van der Waals surface area contributed by atoms with Crippen LogP contribution in [0.4, 0.5) is 9.52 Å². The molecule has 2 atom stereocenters. The number of nitrogens with two attached hydrogens (primary N) is 1. The predicted molar refractivity (Wildman–Crippen MR) is 80.9 cm³/mol. The third-order valence-electron chi connectivity index (χ3n) is 3.56. The minimum Gasteiger partial charge on any atom is -0.369 e. The number of hydrogen-bond donors (Lipinski definition) is 2. The molecule has 1 aromatic heterocycles. The van der Waals surface area contributed by atoms with Gasteiger partial charge in [-0.05, 0) is 30.0 Å². The SMILES string of the molecule is NC(=O)Cc1csc(NC(=O)[C@H]2C[C@H]2c2ccc(F)cc2)n1. The van der Waals surface area contributed by atoms with Gasteiger partial charge in [-0.2, -0.15) is 0 Å². The van der Waals surface area contributed by atoms with E-state index < -0.39 is 5.91 Å². The molecule has 114 valence electrons. The Bertz CT molecular complexity index is 714. The lowest BCUT2D eigenvalue weighted by atomic mass is 10.1. The zero-order chi connectivity index (χ0) is 15.7. The topological polar surface area (TPSA) is 85.1 Å². The van der Waals surface area contributed by atoms with Crippen molar-refractivity contribution in [1.82, 2.24) is 4.98 Å².